The van der Waals surface area contributed by atoms with Crippen LogP contribution >= 0.6 is 11.3 Å². The Morgan fingerprint density at radius 3 is 2.55 bits per heavy atom. The normalized spacial score (nSPS) is 10.7. The van der Waals surface area contributed by atoms with Crippen molar-refractivity contribution >= 4 is 17.0 Å². The number of hydrogen-bond acceptors (Lipinski definition) is 5. The van der Waals surface area contributed by atoms with Gasteiger partial charge in [0.05, 0.1) is 5.69 Å². The molecule has 0 bridgehead atoms. The predicted molar refractivity (Wildman–Crippen MR) is 80.2 cm³/mol. The minimum Gasteiger partial charge on any atom is -0.380 e. The highest BCUT2D eigenvalue weighted by molar-refractivity contribution is 7.12. The molecule has 0 fully saturated rings. The Balaban J connectivity index is 1.63. The third-order valence-corrected chi connectivity index (χ3v) is 4.24. The fourth-order valence-electron chi connectivity index (χ4n) is 1.91. The molecule has 2 aromatic heterocycles. The van der Waals surface area contributed by atoms with Crippen LogP contribution in [0.25, 0.3) is 5.69 Å². The maximum absolute atomic E-state index is 3.86. The first-order valence-corrected chi connectivity index (χ1v) is 7.31. The van der Waals surface area contributed by atoms with Crippen LogP contribution in [-0.2, 0) is 13.0 Å². The van der Waals surface area contributed by atoms with E-state index in [1.807, 2.05) is 35.6 Å². The minimum atomic E-state index is 0.856. The van der Waals surface area contributed by atoms with Crippen molar-refractivity contribution in [2.45, 2.75) is 19.9 Å². The van der Waals surface area contributed by atoms with E-state index in [4.69, 9.17) is 0 Å². The van der Waals surface area contributed by atoms with Gasteiger partial charge in [0.1, 0.15) is 6.33 Å². The topological polar surface area (TPSA) is 55.6 Å². The lowest BCUT2D eigenvalue weighted by atomic mass is 10.3. The lowest BCUT2D eigenvalue weighted by molar-refractivity contribution is 0.789. The summed E-state index contributed by atoms with van der Waals surface area (Å²) in [5.41, 5.74) is 2.04. The summed E-state index contributed by atoms with van der Waals surface area (Å²) < 4.78 is 1.64. The van der Waals surface area contributed by atoms with Crippen LogP contribution in [0, 0.1) is 0 Å². The summed E-state index contributed by atoms with van der Waals surface area (Å²) in [5.74, 6) is 0. The SMILES string of the molecule is CCc1ccc(CNc2ccc(-n3cnnn3)cc2)s1. The Kier molecular flexibility index (Phi) is 3.73. The zero-order valence-corrected chi connectivity index (χ0v) is 12.0. The molecule has 0 saturated carbocycles. The Hall–Kier alpha value is -2.21. The molecule has 0 radical (unpaired) electrons. The van der Waals surface area contributed by atoms with E-state index in [0.29, 0.717) is 0 Å². The molecule has 0 aliphatic heterocycles. The van der Waals surface area contributed by atoms with Gasteiger partial charge in [-0.1, -0.05) is 6.92 Å². The lowest BCUT2D eigenvalue weighted by Crippen LogP contribution is -1.99. The van der Waals surface area contributed by atoms with E-state index >= 15 is 0 Å². The average molecular weight is 285 g/mol. The van der Waals surface area contributed by atoms with E-state index in [0.717, 1.165) is 24.3 Å². The molecule has 3 aromatic rings. The molecule has 0 atom stereocenters. The molecular weight excluding hydrogens is 270 g/mol. The van der Waals surface area contributed by atoms with Gasteiger partial charge in [-0.3, -0.25) is 0 Å². The molecule has 0 saturated heterocycles. The number of aryl methyl sites for hydroxylation is 1. The third-order valence-electron chi connectivity index (χ3n) is 3.01. The van der Waals surface area contributed by atoms with E-state index in [-0.39, 0.29) is 0 Å². The summed E-state index contributed by atoms with van der Waals surface area (Å²) in [6.45, 7) is 3.04. The number of tetrazole rings is 1. The van der Waals surface area contributed by atoms with Gasteiger partial charge < -0.3 is 5.32 Å². The van der Waals surface area contributed by atoms with Gasteiger partial charge in [-0.25, -0.2) is 4.68 Å². The maximum Gasteiger partial charge on any atom is 0.143 e. The zero-order chi connectivity index (χ0) is 13.8. The molecule has 1 N–H and O–H groups in total. The van der Waals surface area contributed by atoms with Crippen molar-refractivity contribution in [3.63, 3.8) is 0 Å². The van der Waals surface area contributed by atoms with Crippen molar-refractivity contribution in [2.24, 2.45) is 0 Å². The summed E-state index contributed by atoms with van der Waals surface area (Å²) in [7, 11) is 0. The number of thiophene rings is 1. The number of nitrogens with zero attached hydrogens (tertiary/aromatic N) is 4. The summed E-state index contributed by atoms with van der Waals surface area (Å²) in [5, 5.41) is 14.5. The molecule has 2 heterocycles. The maximum atomic E-state index is 3.86. The van der Waals surface area contributed by atoms with E-state index < -0.39 is 0 Å². The highest BCUT2D eigenvalue weighted by Gasteiger charge is 2.00. The van der Waals surface area contributed by atoms with Crippen LogP contribution in [0.3, 0.4) is 0 Å². The molecule has 0 spiro atoms. The summed E-state index contributed by atoms with van der Waals surface area (Å²) in [6.07, 6.45) is 2.69. The predicted octanol–water partition coefficient (Wildman–Crippen LogP) is 2.90. The Labute approximate surface area is 121 Å². The molecule has 20 heavy (non-hydrogen) atoms. The Morgan fingerprint density at radius 2 is 1.90 bits per heavy atom. The van der Waals surface area contributed by atoms with Gasteiger partial charge in [-0.05, 0) is 53.2 Å². The number of nitrogens with one attached hydrogen (secondary N) is 1. The fourth-order valence-corrected chi connectivity index (χ4v) is 2.81. The zero-order valence-electron chi connectivity index (χ0n) is 11.2. The van der Waals surface area contributed by atoms with Crippen molar-refractivity contribution in [1.29, 1.82) is 0 Å². The summed E-state index contributed by atoms with van der Waals surface area (Å²) in [6, 6.07) is 12.4. The second kappa shape index (κ2) is 5.83. The number of aromatic nitrogens is 4. The smallest absolute Gasteiger partial charge is 0.143 e. The van der Waals surface area contributed by atoms with Gasteiger partial charge in [0.2, 0.25) is 0 Å². The van der Waals surface area contributed by atoms with Crippen LogP contribution in [0.2, 0.25) is 0 Å². The first-order valence-electron chi connectivity index (χ1n) is 6.50. The van der Waals surface area contributed by atoms with Gasteiger partial charge in [-0.2, -0.15) is 0 Å². The Bertz CT molecular complexity index is 657. The standard InChI is InChI=1S/C14H15N5S/c1-2-13-7-8-14(20-13)9-15-11-3-5-12(6-4-11)19-10-16-17-18-19/h3-8,10,15H,2,9H2,1H3. The van der Waals surface area contributed by atoms with E-state index in [2.05, 4.69) is 39.9 Å². The van der Waals surface area contributed by atoms with Gasteiger partial charge in [-0.15, -0.1) is 16.4 Å². The highest BCUT2D eigenvalue weighted by atomic mass is 32.1. The van der Waals surface area contributed by atoms with E-state index in [1.54, 1.807) is 11.0 Å². The van der Waals surface area contributed by atoms with Gasteiger partial charge in [0.15, 0.2) is 0 Å². The molecule has 5 nitrogen and oxygen atoms in total. The quantitative estimate of drug-likeness (QED) is 0.783. The first-order chi connectivity index (χ1) is 9.85. The third kappa shape index (κ3) is 2.85. The first kappa shape index (κ1) is 12.8. The van der Waals surface area contributed by atoms with Crippen LogP contribution in [0.4, 0.5) is 5.69 Å². The molecule has 3 rings (SSSR count). The lowest BCUT2D eigenvalue weighted by Gasteiger charge is -2.06. The van der Waals surface area contributed by atoms with Crippen molar-refractivity contribution in [1.82, 2.24) is 20.2 Å². The molecule has 0 unspecified atom stereocenters. The molecule has 102 valence electrons. The molecular formula is C14H15N5S. The monoisotopic (exact) mass is 285 g/mol. The average Bonchev–Trinajstić information content (AvgIpc) is 3.17. The second-order valence-corrected chi connectivity index (χ2v) is 5.63. The molecule has 0 aliphatic rings. The van der Waals surface area contributed by atoms with Crippen LogP contribution in [-0.4, -0.2) is 20.2 Å². The van der Waals surface area contributed by atoms with E-state index in [1.165, 1.54) is 9.75 Å². The number of hydrogen-bond donors (Lipinski definition) is 1. The highest BCUT2D eigenvalue weighted by Crippen LogP contribution is 2.19. The molecule has 0 aliphatic carbocycles. The van der Waals surface area contributed by atoms with Gasteiger partial charge in [0.25, 0.3) is 0 Å². The van der Waals surface area contributed by atoms with E-state index in [9.17, 15) is 0 Å². The van der Waals surface area contributed by atoms with Gasteiger partial charge in [0, 0.05) is 22.0 Å². The van der Waals surface area contributed by atoms with Crippen LogP contribution in [0.15, 0.2) is 42.7 Å². The van der Waals surface area contributed by atoms with Crippen LogP contribution in [0.5, 0.6) is 0 Å². The van der Waals surface area contributed by atoms with Crippen molar-refractivity contribution < 1.29 is 0 Å². The number of anilines is 1. The van der Waals surface area contributed by atoms with Crippen molar-refractivity contribution in [3.05, 3.63) is 52.5 Å². The van der Waals surface area contributed by atoms with Gasteiger partial charge >= 0.3 is 0 Å². The summed E-state index contributed by atoms with van der Waals surface area (Å²) in [4.78, 5) is 2.78. The Morgan fingerprint density at radius 1 is 1.10 bits per heavy atom. The number of rotatable bonds is 5. The molecule has 6 heteroatoms. The van der Waals surface area contributed by atoms with Crippen molar-refractivity contribution in [2.75, 3.05) is 5.32 Å². The number of benzene rings is 1. The fraction of sp³-hybridized carbons (Fsp3) is 0.214. The van der Waals surface area contributed by atoms with Crippen molar-refractivity contribution in [3.8, 4) is 5.69 Å². The molecule has 1 aromatic carbocycles. The summed E-state index contributed by atoms with van der Waals surface area (Å²) >= 11 is 1.86. The largest absolute Gasteiger partial charge is 0.380 e. The van der Waals surface area contributed by atoms with Crippen LogP contribution < -0.4 is 5.32 Å². The van der Waals surface area contributed by atoms with Crippen LogP contribution in [0.1, 0.15) is 16.7 Å². The molecule has 0 amide bonds. The second-order valence-electron chi connectivity index (χ2n) is 4.38. The minimum absolute atomic E-state index is 0.856.